The summed E-state index contributed by atoms with van der Waals surface area (Å²) in [6.45, 7) is 4.14. The number of aryl methyl sites for hydroxylation is 1. The van der Waals surface area contributed by atoms with Gasteiger partial charge < -0.3 is 10.4 Å². The summed E-state index contributed by atoms with van der Waals surface area (Å²) in [5.41, 5.74) is 1.97. The van der Waals surface area contributed by atoms with E-state index in [2.05, 4.69) is 30.4 Å². The SMILES string of the molecule is Cc1cccc(C2(C(=O)N[C@H](C)CCO)CCCCC2)c1. The minimum atomic E-state index is -0.381. The van der Waals surface area contributed by atoms with E-state index >= 15 is 0 Å². The molecule has 1 atom stereocenters. The van der Waals surface area contributed by atoms with Crippen LogP contribution in [0.4, 0.5) is 0 Å². The highest BCUT2D eigenvalue weighted by molar-refractivity contribution is 5.88. The Morgan fingerprint density at radius 1 is 1.33 bits per heavy atom. The summed E-state index contributed by atoms with van der Waals surface area (Å²) in [4.78, 5) is 12.9. The van der Waals surface area contributed by atoms with Gasteiger partial charge in [-0.25, -0.2) is 0 Å². The molecule has 2 N–H and O–H groups in total. The fourth-order valence-corrected chi connectivity index (χ4v) is 3.37. The molecule has 0 unspecified atom stereocenters. The zero-order chi connectivity index (χ0) is 15.3. The Morgan fingerprint density at radius 3 is 2.67 bits per heavy atom. The zero-order valence-corrected chi connectivity index (χ0v) is 13.2. The summed E-state index contributed by atoms with van der Waals surface area (Å²) in [6.07, 6.45) is 5.89. The van der Waals surface area contributed by atoms with Crippen LogP contribution in [0.15, 0.2) is 24.3 Å². The molecule has 0 saturated heterocycles. The predicted molar refractivity (Wildman–Crippen MR) is 85.2 cm³/mol. The van der Waals surface area contributed by atoms with Gasteiger partial charge in [-0.15, -0.1) is 0 Å². The van der Waals surface area contributed by atoms with E-state index in [0.717, 1.165) is 31.2 Å². The van der Waals surface area contributed by atoms with E-state index in [1.54, 1.807) is 0 Å². The second-order valence-electron chi connectivity index (χ2n) is 6.40. The molecule has 1 amide bonds. The molecule has 2 rings (SSSR count). The maximum atomic E-state index is 12.9. The largest absolute Gasteiger partial charge is 0.396 e. The van der Waals surface area contributed by atoms with Gasteiger partial charge in [0, 0.05) is 12.6 Å². The summed E-state index contributed by atoms with van der Waals surface area (Å²) in [7, 11) is 0. The number of carbonyl (C=O) groups is 1. The molecular formula is C18H27NO2. The topological polar surface area (TPSA) is 49.3 Å². The van der Waals surface area contributed by atoms with Crippen LogP contribution in [0.25, 0.3) is 0 Å². The number of hydrogen-bond acceptors (Lipinski definition) is 2. The van der Waals surface area contributed by atoms with Crippen LogP contribution >= 0.6 is 0 Å². The van der Waals surface area contributed by atoms with Gasteiger partial charge in [-0.05, 0) is 38.7 Å². The third-order valence-electron chi connectivity index (χ3n) is 4.65. The summed E-state index contributed by atoms with van der Waals surface area (Å²) in [5.74, 6) is 0.133. The highest BCUT2D eigenvalue weighted by atomic mass is 16.3. The lowest BCUT2D eigenvalue weighted by Gasteiger charge is -2.37. The first-order chi connectivity index (χ1) is 10.1. The average molecular weight is 289 g/mol. The molecule has 21 heavy (non-hydrogen) atoms. The van der Waals surface area contributed by atoms with Crippen molar-refractivity contribution in [3.63, 3.8) is 0 Å². The first-order valence-corrected chi connectivity index (χ1v) is 8.07. The van der Waals surface area contributed by atoms with Crippen molar-refractivity contribution in [1.29, 1.82) is 0 Å². The van der Waals surface area contributed by atoms with Crippen molar-refractivity contribution >= 4 is 5.91 Å². The summed E-state index contributed by atoms with van der Waals surface area (Å²) in [6, 6.07) is 8.39. The predicted octanol–water partition coefficient (Wildman–Crippen LogP) is 3.08. The standard InChI is InChI=1S/C18H27NO2/c1-14-7-6-8-16(13-14)18(10-4-3-5-11-18)17(21)19-15(2)9-12-20/h6-8,13,15,20H,3-5,9-12H2,1-2H3,(H,19,21)/t15-/m1/s1. The highest BCUT2D eigenvalue weighted by Crippen LogP contribution is 2.40. The van der Waals surface area contributed by atoms with Crippen LogP contribution in [0.2, 0.25) is 0 Å². The van der Waals surface area contributed by atoms with Crippen LogP contribution in [0.3, 0.4) is 0 Å². The number of carbonyl (C=O) groups excluding carboxylic acids is 1. The van der Waals surface area contributed by atoms with Crippen LogP contribution in [0, 0.1) is 6.92 Å². The third-order valence-corrected chi connectivity index (χ3v) is 4.65. The van der Waals surface area contributed by atoms with E-state index in [1.807, 2.05) is 13.0 Å². The molecule has 0 spiro atoms. The van der Waals surface area contributed by atoms with Crippen molar-refractivity contribution in [2.45, 2.75) is 63.8 Å². The van der Waals surface area contributed by atoms with E-state index in [9.17, 15) is 4.79 Å². The number of aliphatic hydroxyl groups is 1. The fraction of sp³-hybridized carbons (Fsp3) is 0.611. The summed E-state index contributed by atoms with van der Waals surface area (Å²) < 4.78 is 0. The van der Waals surface area contributed by atoms with Gasteiger partial charge in [0.05, 0.1) is 5.41 Å². The molecule has 1 aromatic carbocycles. The van der Waals surface area contributed by atoms with Gasteiger partial charge in [-0.2, -0.15) is 0 Å². The van der Waals surface area contributed by atoms with Crippen LogP contribution in [-0.4, -0.2) is 23.7 Å². The van der Waals surface area contributed by atoms with Gasteiger partial charge in [0.2, 0.25) is 5.91 Å². The van der Waals surface area contributed by atoms with E-state index in [4.69, 9.17) is 5.11 Å². The van der Waals surface area contributed by atoms with Crippen molar-refractivity contribution in [2.75, 3.05) is 6.61 Å². The molecule has 0 aromatic heterocycles. The van der Waals surface area contributed by atoms with Crippen molar-refractivity contribution in [1.82, 2.24) is 5.32 Å². The van der Waals surface area contributed by atoms with Crippen molar-refractivity contribution in [3.05, 3.63) is 35.4 Å². The van der Waals surface area contributed by atoms with Gasteiger partial charge in [-0.1, -0.05) is 49.1 Å². The Kier molecular flexibility index (Phi) is 5.40. The minimum absolute atomic E-state index is 0.0195. The second-order valence-corrected chi connectivity index (χ2v) is 6.40. The number of hydrogen-bond donors (Lipinski definition) is 2. The Hall–Kier alpha value is -1.35. The van der Waals surface area contributed by atoms with Gasteiger partial charge in [-0.3, -0.25) is 4.79 Å². The third kappa shape index (κ3) is 3.65. The Labute approximate surface area is 127 Å². The quantitative estimate of drug-likeness (QED) is 0.875. The molecule has 1 aliphatic rings. The molecule has 1 saturated carbocycles. The van der Waals surface area contributed by atoms with E-state index in [-0.39, 0.29) is 24.0 Å². The van der Waals surface area contributed by atoms with Gasteiger partial charge in [0.25, 0.3) is 0 Å². The molecule has 3 heteroatoms. The number of nitrogens with one attached hydrogen (secondary N) is 1. The number of aliphatic hydroxyl groups excluding tert-OH is 1. The molecule has 1 aliphatic carbocycles. The highest BCUT2D eigenvalue weighted by Gasteiger charge is 2.41. The van der Waals surface area contributed by atoms with Crippen LogP contribution in [-0.2, 0) is 10.2 Å². The molecule has 116 valence electrons. The Balaban J connectivity index is 2.26. The maximum absolute atomic E-state index is 12.9. The maximum Gasteiger partial charge on any atom is 0.230 e. The fourth-order valence-electron chi connectivity index (χ4n) is 3.37. The monoisotopic (exact) mass is 289 g/mol. The van der Waals surface area contributed by atoms with E-state index < -0.39 is 0 Å². The molecule has 1 aromatic rings. The van der Waals surface area contributed by atoms with Crippen molar-refractivity contribution in [3.8, 4) is 0 Å². The molecule has 0 radical (unpaired) electrons. The molecule has 0 bridgehead atoms. The lowest BCUT2D eigenvalue weighted by atomic mass is 9.68. The van der Waals surface area contributed by atoms with Crippen molar-refractivity contribution in [2.24, 2.45) is 0 Å². The van der Waals surface area contributed by atoms with Crippen LogP contribution in [0.1, 0.15) is 56.6 Å². The number of rotatable bonds is 5. The molecule has 0 aliphatic heterocycles. The molecule has 1 fully saturated rings. The molecular weight excluding hydrogens is 262 g/mol. The minimum Gasteiger partial charge on any atom is -0.396 e. The lowest BCUT2D eigenvalue weighted by Crippen LogP contribution is -2.48. The van der Waals surface area contributed by atoms with Gasteiger partial charge in [0.1, 0.15) is 0 Å². The first-order valence-electron chi connectivity index (χ1n) is 8.07. The van der Waals surface area contributed by atoms with Crippen LogP contribution < -0.4 is 5.32 Å². The first kappa shape index (κ1) is 16.0. The van der Waals surface area contributed by atoms with E-state index in [0.29, 0.717) is 6.42 Å². The summed E-state index contributed by atoms with van der Waals surface area (Å²) >= 11 is 0. The number of amides is 1. The average Bonchev–Trinajstić information content (AvgIpc) is 2.48. The van der Waals surface area contributed by atoms with Crippen molar-refractivity contribution < 1.29 is 9.90 Å². The smallest absolute Gasteiger partial charge is 0.230 e. The molecule has 3 nitrogen and oxygen atoms in total. The van der Waals surface area contributed by atoms with Crippen LogP contribution in [0.5, 0.6) is 0 Å². The normalized spacial score (nSPS) is 19.0. The second kappa shape index (κ2) is 7.08. The Morgan fingerprint density at radius 2 is 2.05 bits per heavy atom. The lowest BCUT2D eigenvalue weighted by molar-refractivity contribution is -0.128. The Bertz CT molecular complexity index is 478. The molecule has 0 heterocycles. The number of benzene rings is 1. The summed E-state index contributed by atoms with van der Waals surface area (Å²) in [5, 5.41) is 12.1. The van der Waals surface area contributed by atoms with E-state index in [1.165, 1.54) is 12.0 Å². The zero-order valence-electron chi connectivity index (χ0n) is 13.2. The van der Waals surface area contributed by atoms with Gasteiger partial charge in [0.15, 0.2) is 0 Å². The van der Waals surface area contributed by atoms with Gasteiger partial charge >= 0.3 is 0 Å².